The van der Waals surface area contributed by atoms with Crippen LogP contribution < -0.4 is 15.4 Å². The number of rotatable bonds is 9. The third-order valence-electron chi connectivity index (χ3n) is 5.52. The number of benzene rings is 2. The van der Waals surface area contributed by atoms with Crippen LogP contribution in [0.2, 0.25) is 0 Å². The van der Waals surface area contributed by atoms with Crippen molar-refractivity contribution in [2.45, 2.75) is 32.6 Å². The van der Waals surface area contributed by atoms with Crippen molar-refractivity contribution in [2.75, 3.05) is 13.2 Å². The van der Waals surface area contributed by atoms with Crippen LogP contribution in [-0.4, -0.2) is 37.1 Å². The third kappa shape index (κ3) is 6.26. The highest BCUT2D eigenvalue weighted by Crippen LogP contribution is 2.33. The summed E-state index contributed by atoms with van der Waals surface area (Å²) in [6.07, 6.45) is -1.66. The van der Waals surface area contributed by atoms with Crippen LogP contribution >= 0.6 is 0 Å². The number of allylic oxidation sites excluding steroid dienone is 1. The van der Waals surface area contributed by atoms with E-state index in [1.165, 1.54) is 18.3 Å². The van der Waals surface area contributed by atoms with Crippen LogP contribution in [0.25, 0.3) is 11.1 Å². The molecule has 2 aromatic rings. The molecule has 0 saturated carbocycles. The van der Waals surface area contributed by atoms with Gasteiger partial charge in [-0.3, -0.25) is 4.99 Å². The smallest absolute Gasteiger partial charge is 0.422 e. The molecule has 0 aromatic heterocycles. The summed E-state index contributed by atoms with van der Waals surface area (Å²) in [4.78, 5) is 15.0. The molecule has 9 heteroatoms. The Balaban J connectivity index is 1.73. The van der Waals surface area contributed by atoms with Crippen molar-refractivity contribution < 1.29 is 27.8 Å². The van der Waals surface area contributed by atoms with Gasteiger partial charge >= 0.3 is 12.1 Å². The molecule has 0 bridgehead atoms. The molecule has 2 aromatic carbocycles. The number of hydrogen-bond donors (Lipinski definition) is 3. The van der Waals surface area contributed by atoms with Crippen LogP contribution in [0, 0.1) is 6.92 Å². The number of nitrogens with zero attached hydrogens (tertiary/aromatic N) is 1. The molecular formula is C25H26F3N3O3. The first-order valence-corrected chi connectivity index (χ1v) is 10.6. The molecule has 0 fully saturated rings. The summed E-state index contributed by atoms with van der Waals surface area (Å²) >= 11 is 0. The summed E-state index contributed by atoms with van der Waals surface area (Å²) in [5.41, 5.74) is 5.52. The molecule has 3 N–H and O–H groups in total. The van der Waals surface area contributed by atoms with Gasteiger partial charge in [0.05, 0.1) is 11.6 Å². The lowest BCUT2D eigenvalue weighted by Crippen LogP contribution is -2.27. The number of alkyl halides is 3. The average Bonchev–Trinajstić information content (AvgIpc) is 3.18. The van der Waals surface area contributed by atoms with E-state index in [4.69, 9.17) is 4.74 Å². The van der Waals surface area contributed by atoms with Crippen molar-refractivity contribution in [2.24, 2.45) is 4.99 Å². The fraction of sp³-hybridized carbons (Fsp3) is 0.280. The first-order chi connectivity index (χ1) is 16.1. The molecule has 0 aliphatic carbocycles. The molecule has 0 saturated heterocycles. The molecule has 34 heavy (non-hydrogen) atoms. The van der Waals surface area contributed by atoms with Gasteiger partial charge in [-0.05, 0) is 72.7 Å². The minimum atomic E-state index is -4.38. The topological polar surface area (TPSA) is 83.0 Å². The van der Waals surface area contributed by atoms with E-state index in [0.29, 0.717) is 18.8 Å². The maximum atomic E-state index is 12.4. The normalized spacial score (nSPS) is 16.2. The summed E-state index contributed by atoms with van der Waals surface area (Å²) < 4.78 is 42.0. The predicted molar refractivity (Wildman–Crippen MR) is 125 cm³/mol. The van der Waals surface area contributed by atoms with Gasteiger partial charge in [-0.25, -0.2) is 4.79 Å². The lowest BCUT2D eigenvalue weighted by atomic mass is 9.95. The van der Waals surface area contributed by atoms with Crippen LogP contribution in [0.1, 0.15) is 29.7 Å². The molecule has 3 rings (SSSR count). The number of aliphatic carboxylic acids is 1. The maximum absolute atomic E-state index is 12.4. The zero-order valence-electron chi connectivity index (χ0n) is 18.9. The minimum absolute atomic E-state index is 0.00482. The van der Waals surface area contributed by atoms with E-state index in [-0.39, 0.29) is 17.4 Å². The zero-order valence-corrected chi connectivity index (χ0v) is 18.9. The van der Waals surface area contributed by atoms with Gasteiger partial charge in [0, 0.05) is 25.0 Å². The molecule has 6 nitrogen and oxygen atoms in total. The summed E-state index contributed by atoms with van der Waals surface area (Å²) in [6.45, 7) is 6.66. The molecule has 0 unspecified atom stereocenters. The number of hydrogen-bond acceptors (Lipinski definition) is 5. The van der Waals surface area contributed by atoms with Crippen molar-refractivity contribution in [3.05, 3.63) is 76.6 Å². The number of aryl methyl sites for hydroxylation is 1. The van der Waals surface area contributed by atoms with Crippen molar-refractivity contribution in [3.8, 4) is 16.9 Å². The van der Waals surface area contributed by atoms with E-state index < -0.39 is 18.8 Å². The largest absolute Gasteiger partial charge is 0.484 e. The van der Waals surface area contributed by atoms with Crippen molar-refractivity contribution in [1.29, 1.82) is 0 Å². The number of ether oxygens (including phenoxy) is 1. The zero-order chi connectivity index (χ0) is 24.9. The quantitative estimate of drug-likeness (QED) is 0.274. The van der Waals surface area contributed by atoms with Crippen LogP contribution in [0.3, 0.4) is 0 Å². The summed E-state index contributed by atoms with van der Waals surface area (Å²) in [5.74, 6) is -0.880. The summed E-state index contributed by atoms with van der Waals surface area (Å²) in [7, 11) is 0. The second kappa shape index (κ2) is 10.6. The minimum Gasteiger partial charge on any atom is -0.484 e. The fourth-order valence-corrected chi connectivity index (χ4v) is 3.84. The van der Waals surface area contributed by atoms with Gasteiger partial charge in [0.25, 0.3) is 0 Å². The lowest BCUT2D eigenvalue weighted by molar-refractivity contribution is -0.153. The van der Waals surface area contributed by atoms with Crippen LogP contribution in [0.4, 0.5) is 13.2 Å². The van der Waals surface area contributed by atoms with Gasteiger partial charge in [0.1, 0.15) is 5.75 Å². The van der Waals surface area contributed by atoms with Crippen LogP contribution in [0.15, 0.2) is 64.9 Å². The average molecular weight is 473 g/mol. The molecule has 1 atom stereocenters. The Kier molecular flexibility index (Phi) is 7.78. The van der Waals surface area contributed by atoms with E-state index in [0.717, 1.165) is 27.8 Å². The molecule has 1 aliphatic heterocycles. The SMILES string of the molecule is C=N/C=C\C(C(=O)O)=C(/C)NC[C@H]1NCc2cc(-c3ccc(OCC(F)(F)F)cc3C)ccc21. The number of halogens is 3. The second-order valence-corrected chi connectivity index (χ2v) is 7.95. The maximum Gasteiger partial charge on any atom is 0.422 e. The monoisotopic (exact) mass is 473 g/mol. The Bertz CT molecular complexity index is 1140. The molecule has 0 spiro atoms. The van der Waals surface area contributed by atoms with Crippen molar-refractivity contribution in [3.63, 3.8) is 0 Å². The Morgan fingerprint density at radius 3 is 2.74 bits per heavy atom. The first-order valence-electron chi connectivity index (χ1n) is 10.6. The molecule has 1 aliphatic rings. The predicted octanol–water partition coefficient (Wildman–Crippen LogP) is 4.91. The van der Waals surface area contributed by atoms with Crippen LogP contribution in [-0.2, 0) is 11.3 Å². The van der Waals surface area contributed by atoms with Crippen molar-refractivity contribution >= 4 is 12.7 Å². The Morgan fingerprint density at radius 1 is 1.32 bits per heavy atom. The van der Waals surface area contributed by atoms with Gasteiger partial charge in [0.2, 0.25) is 0 Å². The molecular weight excluding hydrogens is 447 g/mol. The van der Waals surface area contributed by atoms with Gasteiger partial charge in [0.15, 0.2) is 6.61 Å². The van der Waals surface area contributed by atoms with Gasteiger partial charge in [-0.15, -0.1) is 0 Å². The number of aliphatic imine (C=N–C) groups is 1. The Hall–Kier alpha value is -3.59. The van der Waals surface area contributed by atoms with Gasteiger partial charge in [-0.1, -0.05) is 18.2 Å². The Morgan fingerprint density at radius 2 is 2.09 bits per heavy atom. The van der Waals surface area contributed by atoms with E-state index in [1.807, 2.05) is 19.1 Å². The van der Waals surface area contributed by atoms with Crippen molar-refractivity contribution in [1.82, 2.24) is 10.6 Å². The van der Waals surface area contributed by atoms with E-state index >= 15 is 0 Å². The summed E-state index contributed by atoms with van der Waals surface area (Å²) in [6, 6.07) is 10.9. The highest BCUT2D eigenvalue weighted by Gasteiger charge is 2.28. The Labute approximate surface area is 195 Å². The highest BCUT2D eigenvalue weighted by molar-refractivity contribution is 5.90. The van der Waals surface area contributed by atoms with E-state index in [2.05, 4.69) is 28.4 Å². The van der Waals surface area contributed by atoms with E-state index in [9.17, 15) is 23.1 Å². The lowest BCUT2D eigenvalue weighted by Gasteiger charge is -2.16. The standard InChI is InChI=1S/C25H26F3N3O3/c1-15-10-19(34-14-25(26,27)28)5-7-20(15)17-4-6-22-18(11-17)12-31-23(22)13-30-16(2)21(24(32)33)8-9-29-3/h4-11,23,30-31H,3,12-14H2,1-2H3,(H,32,33)/b9-8-,21-16-/t23-/m1/s1. The second-order valence-electron chi connectivity index (χ2n) is 7.95. The fourth-order valence-electron chi connectivity index (χ4n) is 3.84. The number of carboxylic acid groups (broad SMARTS) is 1. The molecule has 0 amide bonds. The molecule has 180 valence electrons. The number of nitrogens with one attached hydrogen (secondary N) is 2. The van der Waals surface area contributed by atoms with Crippen LogP contribution in [0.5, 0.6) is 5.75 Å². The third-order valence-corrected chi connectivity index (χ3v) is 5.52. The van der Waals surface area contributed by atoms with Gasteiger partial charge in [-0.2, -0.15) is 13.2 Å². The molecule has 1 heterocycles. The number of carbonyl (C=O) groups is 1. The number of carboxylic acids is 1. The number of fused-ring (bicyclic) bond motifs is 1. The van der Waals surface area contributed by atoms with E-state index in [1.54, 1.807) is 19.1 Å². The molecule has 0 radical (unpaired) electrons. The van der Waals surface area contributed by atoms with Gasteiger partial charge < -0.3 is 20.5 Å². The first kappa shape index (κ1) is 25.0. The highest BCUT2D eigenvalue weighted by atomic mass is 19.4. The summed E-state index contributed by atoms with van der Waals surface area (Å²) in [5, 5.41) is 16.0.